The largest absolute Gasteiger partial charge is 0.451 e. The SMILES string of the molecule is CCC(CC)(CBr)NC(=O)c1cc2ccccc2o1. The van der Waals surface area contributed by atoms with Crippen LogP contribution in [0.5, 0.6) is 0 Å². The zero-order valence-electron chi connectivity index (χ0n) is 11.2. The van der Waals surface area contributed by atoms with E-state index < -0.39 is 0 Å². The molecule has 1 heterocycles. The first-order valence-corrected chi connectivity index (χ1v) is 7.63. The van der Waals surface area contributed by atoms with Crippen molar-refractivity contribution in [2.24, 2.45) is 0 Å². The summed E-state index contributed by atoms with van der Waals surface area (Å²) in [5.41, 5.74) is 0.529. The van der Waals surface area contributed by atoms with Crippen molar-refractivity contribution in [2.45, 2.75) is 32.2 Å². The Kier molecular flexibility index (Phi) is 4.30. The molecular weight excluding hydrogens is 306 g/mol. The fraction of sp³-hybridized carbons (Fsp3) is 0.400. The minimum Gasteiger partial charge on any atom is -0.451 e. The molecule has 0 aliphatic carbocycles. The predicted octanol–water partition coefficient (Wildman–Crippen LogP) is 4.12. The highest BCUT2D eigenvalue weighted by Crippen LogP contribution is 2.22. The summed E-state index contributed by atoms with van der Waals surface area (Å²) in [6.45, 7) is 4.15. The van der Waals surface area contributed by atoms with Gasteiger partial charge in [0, 0.05) is 16.3 Å². The average molecular weight is 324 g/mol. The van der Waals surface area contributed by atoms with Crippen LogP contribution in [0.4, 0.5) is 0 Å². The standard InChI is InChI=1S/C15H18BrNO2/c1-3-15(4-2,10-16)17-14(18)13-9-11-7-5-6-8-12(11)19-13/h5-9H,3-4,10H2,1-2H3,(H,17,18). The Morgan fingerprint density at radius 3 is 2.58 bits per heavy atom. The number of para-hydroxylation sites is 1. The van der Waals surface area contributed by atoms with Crippen LogP contribution >= 0.6 is 15.9 Å². The van der Waals surface area contributed by atoms with Gasteiger partial charge in [0.15, 0.2) is 5.76 Å². The molecule has 0 spiro atoms. The Balaban J connectivity index is 2.24. The number of rotatable bonds is 5. The zero-order valence-corrected chi connectivity index (χ0v) is 12.8. The van der Waals surface area contributed by atoms with Crippen molar-refractivity contribution in [3.8, 4) is 0 Å². The molecule has 0 bridgehead atoms. The lowest BCUT2D eigenvalue weighted by Crippen LogP contribution is -2.49. The number of alkyl halides is 1. The summed E-state index contributed by atoms with van der Waals surface area (Å²) in [5, 5.41) is 4.76. The first-order chi connectivity index (χ1) is 9.14. The fourth-order valence-corrected chi connectivity index (χ4v) is 2.98. The Bertz CT molecular complexity index is 531. The van der Waals surface area contributed by atoms with E-state index in [-0.39, 0.29) is 11.4 Å². The Labute approximate surface area is 121 Å². The topological polar surface area (TPSA) is 42.2 Å². The summed E-state index contributed by atoms with van der Waals surface area (Å²) in [4.78, 5) is 12.3. The van der Waals surface area contributed by atoms with Gasteiger partial charge in [0.05, 0.1) is 0 Å². The molecule has 0 radical (unpaired) electrons. The van der Waals surface area contributed by atoms with Crippen molar-refractivity contribution in [1.29, 1.82) is 0 Å². The lowest BCUT2D eigenvalue weighted by Gasteiger charge is -2.30. The van der Waals surface area contributed by atoms with Crippen LogP contribution in [0.2, 0.25) is 0 Å². The van der Waals surface area contributed by atoms with E-state index in [0.717, 1.165) is 29.1 Å². The van der Waals surface area contributed by atoms with Gasteiger partial charge in [-0.2, -0.15) is 0 Å². The average Bonchev–Trinajstić information content (AvgIpc) is 2.89. The number of hydrogen-bond acceptors (Lipinski definition) is 2. The number of amides is 1. The van der Waals surface area contributed by atoms with Crippen LogP contribution in [0.1, 0.15) is 37.2 Å². The normalized spacial score (nSPS) is 11.7. The smallest absolute Gasteiger partial charge is 0.287 e. The molecule has 0 fully saturated rings. The first-order valence-electron chi connectivity index (χ1n) is 6.51. The maximum atomic E-state index is 12.3. The van der Waals surface area contributed by atoms with Gasteiger partial charge in [0.1, 0.15) is 5.58 Å². The second-order valence-electron chi connectivity index (χ2n) is 4.72. The van der Waals surface area contributed by atoms with Crippen molar-refractivity contribution < 1.29 is 9.21 Å². The number of hydrogen-bond donors (Lipinski definition) is 1. The molecule has 1 aromatic carbocycles. The van der Waals surface area contributed by atoms with Crippen molar-refractivity contribution in [1.82, 2.24) is 5.32 Å². The first kappa shape index (κ1) is 14.1. The number of halogens is 1. The third-order valence-electron chi connectivity index (χ3n) is 3.64. The number of furan rings is 1. The molecule has 0 aliphatic heterocycles. The Morgan fingerprint density at radius 2 is 2.00 bits per heavy atom. The lowest BCUT2D eigenvalue weighted by atomic mass is 9.95. The van der Waals surface area contributed by atoms with Gasteiger partial charge in [-0.15, -0.1) is 0 Å². The minimum absolute atomic E-state index is 0.153. The third-order valence-corrected chi connectivity index (χ3v) is 4.71. The summed E-state index contributed by atoms with van der Waals surface area (Å²) in [6, 6.07) is 9.42. The van der Waals surface area contributed by atoms with E-state index in [4.69, 9.17) is 4.42 Å². The van der Waals surface area contributed by atoms with Gasteiger partial charge in [-0.3, -0.25) is 4.79 Å². The molecular formula is C15H18BrNO2. The molecule has 0 saturated carbocycles. The van der Waals surface area contributed by atoms with Crippen LogP contribution < -0.4 is 5.32 Å². The van der Waals surface area contributed by atoms with Gasteiger partial charge in [-0.1, -0.05) is 48.0 Å². The maximum absolute atomic E-state index is 12.3. The lowest BCUT2D eigenvalue weighted by molar-refractivity contribution is 0.0877. The number of benzene rings is 1. The molecule has 1 amide bonds. The van der Waals surface area contributed by atoms with E-state index in [9.17, 15) is 4.79 Å². The van der Waals surface area contributed by atoms with Crippen molar-refractivity contribution in [3.05, 3.63) is 36.1 Å². The van der Waals surface area contributed by atoms with E-state index in [2.05, 4.69) is 35.1 Å². The second kappa shape index (κ2) is 5.78. The van der Waals surface area contributed by atoms with E-state index in [0.29, 0.717) is 5.76 Å². The molecule has 0 atom stereocenters. The van der Waals surface area contributed by atoms with Crippen molar-refractivity contribution >= 4 is 32.8 Å². The van der Waals surface area contributed by atoms with E-state index in [1.54, 1.807) is 6.07 Å². The summed E-state index contributed by atoms with van der Waals surface area (Å²) in [5.74, 6) is 0.216. The second-order valence-corrected chi connectivity index (χ2v) is 5.28. The molecule has 3 nitrogen and oxygen atoms in total. The van der Waals surface area contributed by atoms with E-state index in [1.165, 1.54) is 0 Å². The predicted molar refractivity (Wildman–Crippen MR) is 80.8 cm³/mol. The van der Waals surface area contributed by atoms with Gasteiger partial charge in [-0.25, -0.2) is 0 Å². The minimum atomic E-state index is -0.212. The van der Waals surface area contributed by atoms with E-state index in [1.807, 2.05) is 24.3 Å². The molecule has 0 unspecified atom stereocenters. The number of carbonyl (C=O) groups excluding carboxylic acids is 1. The van der Waals surface area contributed by atoms with Gasteiger partial charge in [0.2, 0.25) is 0 Å². The van der Waals surface area contributed by atoms with Crippen LogP contribution in [0.25, 0.3) is 11.0 Å². The molecule has 1 aromatic heterocycles. The van der Waals surface area contributed by atoms with E-state index >= 15 is 0 Å². The Hall–Kier alpha value is -1.29. The van der Waals surface area contributed by atoms with Gasteiger partial charge in [0.25, 0.3) is 5.91 Å². The molecule has 2 aromatic rings. The highest BCUT2D eigenvalue weighted by molar-refractivity contribution is 9.09. The Morgan fingerprint density at radius 1 is 1.32 bits per heavy atom. The molecule has 4 heteroatoms. The zero-order chi connectivity index (χ0) is 13.9. The molecule has 0 saturated heterocycles. The number of fused-ring (bicyclic) bond motifs is 1. The summed E-state index contributed by atoms with van der Waals surface area (Å²) < 4.78 is 5.58. The third kappa shape index (κ3) is 2.84. The molecule has 19 heavy (non-hydrogen) atoms. The monoisotopic (exact) mass is 323 g/mol. The molecule has 102 valence electrons. The summed E-state index contributed by atoms with van der Waals surface area (Å²) >= 11 is 3.48. The van der Waals surface area contributed by atoms with Crippen LogP contribution in [-0.4, -0.2) is 16.8 Å². The van der Waals surface area contributed by atoms with Crippen LogP contribution in [0.15, 0.2) is 34.7 Å². The molecule has 2 rings (SSSR count). The van der Waals surface area contributed by atoms with Gasteiger partial charge in [-0.05, 0) is 25.0 Å². The van der Waals surface area contributed by atoms with Crippen LogP contribution in [0.3, 0.4) is 0 Å². The number of nitrogens with one attached hydrogen (secondary N) is 1. The highest BCUT2D eigenvalue weighted by Gasteiger charge is 2.28. The summed E-state index contributed by atoms with van der Waals surface area (Å²) in [7, 11) is 0. The maximum Gasteiger partial charge on any atom is 0.287 e. The van der Waals surface area contributed by atoms with Gasteiger partial charge < -0.3 is 9.73 Å². The van der Waals surface area contributed by atoms with Crippen molar-refractivity contribution in [2.75, 3.05) is 5.33 Å². The van der Waals surface area contributed by atoms with Crippen LogP contribution in [-0.2, 0) is 0 Å². The van der Waals surface area contributed by atoms with Crippen LogP contribution in [0, 0.1) is 0 Å². The quantitative estimate of drug-likeness (QED) is 0.841. The highest BCUT2D eigenvalue weighted by atomic mass is 79.9. The molecule has 1 N–H and O–H groups in total. The van der Waals surface area contributed by atoms with Crippen molar-refractivity contribution in [3.63, 3.8) is 0 Å². The van der Waals surface area contributed by atoms with Gasteiger partial charge >= 0.3 is 0 Å². The fourth-order valence-electron chi connectivity index (χ4n) is 2.05. The molecule has 0 aliphatic rings. The number of carbonyl (C=O) groups is 1. The summed E-state index contributed by atoms with van der Waals surface area (Å²) in [6.07, 6.45) is 1.75.